The molecule has 2 N–H and O–H groups in total. The molecule has 0 radical (unpaired) electrons. The highest BCUT2D eigenvalue weighted by Gasteiger charge is 2.23. The van der Waals surface area contributed by atoms with Crippen LogP contribution in [0.4, 0.5) is 0 Å². The number of nitrogens with zero attached hydrogens (tertiary/aromatic N) is 2. The Kier molecular flexibility index (Phi) is 15.1. The molecule has 2 atom stereocenters. The van der Waals surface area contributed by atoms with Crippen LogP contribution in [0, 0.1) is 0 Å². The first-order chi connectivity index (χ1) is 11.2. The van der Waals surface area contributed by atoms with Crippen molar-refractivity contribution in [3.63, 3.8) is 0 Å². The lowest BCUT2D eigenvalue weighted by Gasteiger charge is -2.37. The van der Waals surface area contributed by atoms with Crippen LogP contribution >= 0.6 is 24.0 Å². The van der Waals surface area contributed by atoms with Crippen molar-refractivity contribution in [2.24, 2.45) is 4.99 Å². The third-order valence-corrected chi connectivity index (χ3v) is 4.06. The molecule has 1 aliphatic heterocycles. The van der Waals surface area contributed by atoms with Gasteiger partial charge in [0.1, 0.15) is 0 Å². The maximum Gasteiger partial charge on any atom is 0.191 e. The van der Waals surface area contributed by atoms with Crippen molar-refractivity contribution in [1.82, 2.24) is 15.5 Å². The summed E-state index contributed by atoms with van der Waals surface area (Å²) in [5.74, 6) is 0.914. The molecule has 1 aliphatic rings. The van der Waals surface area contributed by atoms with Gasteiger partial charge in [0.2, 0.25) is 0 Å². The van der Waals surface area contributed by atoms with Crippen LogP contribution in [0.3, 0.4) is 0 Å². The number of aliphatic imine (C=N–C) groups is 1. The first-order valence-corrected chi connectivity index (χ1v) is 9.12. The van der Waals surface area contributed by atoms with Gasteiger partial charge < -0.3 is 20.1 Å². The number of rotatable bonds is 10. The zero-order valence-electron chi connectivity index (χ0n) is 15.8. The van der Waals surface area contributed by atoms with E-state index in [0.29, 0.717) is 12.1 Å². The predicted octanol–water partition coefficient (Wildman–Crippen LogP) is 2.09. The minimum absolute atomic E-state index is 0. The van der Waals surface area contributed by atoms with Gasteiger partial charge in [0, 0.05) is 44.9 Å². The van der Waals surface area contributed by atoms with Crippen LogP contribution in [0.15, 0.2) is 4.99 Å². The summed E-state index contributed by atoms with van der Waals surface area (Å²) in [6.07, 6.45) is 2.18. The minimum Gasteiger partial charge on any atom is -0.382 e. The van der Waals surface area contributed by atoms with Gasteiger partial charge >= 0.3 is 0 Å². The molecule has 0 aromatic rings. The molecule has 1 rings (SSSR count). The molecule has 6 nitrogen and oxygen atoms in total. The molecule has 0 aliphatic carbocycles. The summed E-state index contributed by atoms with van der Waals surface area (Å²) < 4.78 is 10.9. The van der Waals surface area contributed by atoms with Crippen LogP contribution in [0.1, 0.15) is 40.5 Å². The quantitative estimate of drug-likeness (QED) is 0.228. The van der Waals surface area contributed by atoms with Gasteiger partial charge in [-0.05, 0) is 40.5 Å². The summed E-state index contributed by atoms with van der Waals surface area (Å²) in [6, 6.07) is 0.908. The monoisotopic (exact) mass is 456 g/mol. The molecule has 0 bridgehead atoms. The Bertz CT molecular complexity index is 332. The highest BCUT2D eigenvalue weighted by Crippen LogP contribution is 2.10. The second-order valence-electron chi connectivity index (χ2n) is 6.06. The van der Waals surface area contributed by atoms with E-state index in [4.69, 9.17) is 14.5 Å². The molecule has 1 fully saturated rings. The molecular formula is C17H37IN4O2. The van der Waals surface area contributed by atoms with E-state index in [9.17, 15) is 0 Å². The van der Waals surface area contributed by atoms with Gasteiger partial charge in [-0.25, -0.2) is 0 Å². The summed E-state index contributed by atoms with van der Waals surface area (Å²) in [5, 5.41) is 6.73. The third-order valence-electron chi connectivity index (χ3n) is 4.06. The number of unbranched alkanes of at least 4 members (excludes halogenated alkanes) is 1. The van der Waals surface area contributed by atoms with E-state index in [-0.39, 0.29) is 24.0 Å². The van der Waals surface area contributed by atoms with E-state index in [1.807, 2.05) is 6.92 Å². The van der Waals surface area contributed by atoms with Crippen molar-refractivity contribution < 1.29 is 9.47 Å². The molecule has 144 valence electrons. The van der Waals surface area contributed by atoms with Crippen molar-refractivity contribution in [2.75, 3.05) is 52.6 Å². The van der Waals surface area contributed by atoms with Gasteiger partial charge in [0.25, 0.3) is 0 Å². The van der Waals surface area contributed by atoms with Gasteiger partial charge in [0.15, 0.2) is 5.96 Å². The van der Waals surface area contributed by atoms with Crippen molar-refractivity contribution in [2.45, 2.75) is 52.6 Å². The lowest BCUT2D eigenvalue weighted by atomic mass is 10.2. The van der Waals surface area contributed by atoms with Crippen LogP contribution in [0.2, 0.25) is 0 Å². The maximum atomic E-state index is 5.51. The molecule has 0 aromatic carbocycles. The summed E-state index contributed by atoms with van der Waals surface area (Å²) in [5.41, 5.74) is 0. The lowest BCUT2D eigenvalue weighted by molar-refractivity contribution is -0.0165. The Morgan fingerprint density at radius 3 is 2.79 bits per heavy atom. The van der Waals surface area contributed by atoms with E-state index in [1.165, 1.54) is 0 Å². The molecule has 2 unspecified atom stereocenters. The number of nitrogens with one attached hydrogen (secondary N) is 2. The number of morpholine rings is 1. The number of hydrogen-bond donors (Lipinski definition) is 2. The van der Waals surface area contributed by atoms with Crippen molar-refractivity contribution >= 4 is 29.9 Å². The summed E-state index contributed by atoms with van der Waals surface area (Å²) in [7, 11) is 0. The van der Waals surface area contributed by atoms with Crippen LogP contribution < -0.4 is 10.6 Å². The Balaban J connectivity index is 0.00000529. The minimum atomic E-state index is 0. The fourth-order valence-corrected chi connectivity index (χ4v) is 2.75. The highest BCUT2D eigenvalue weighted by atomic mass is 127. The normalized spacial score (nSPS) is 20.3. The zero-order chi connectivity index (χ0) is 16.9. The molecule has 0 saturated carbocycles. The second kappa shape index (κ2) is 15.2. The number of hydrogen-bond acceptors (Lipinski definition) is 4. The largest absolute Gasteiger partial charge is 0.382 e. The molecule has 0 spiro atoms. The average molecular weight is 456 g/mol. The first kappa shape index (κ1) is 23.9. The smallest absolute Gasteiger partial charge is 0.191 e. The molecule has 0 aromatic heterocycles. The molecule has 1 heterocycles. The summed E-state index contributed by atoms with van der Waals surface area (Å²) >= 11 is 0. The second-order valence-corrected chi connectivity index (χ2v) is 6.06. The lowest BCUT2D eigenvalue weighted by Crippen LogP contribution is -2.49. The third kappa shape index (κ3) is 10.0. The Labute approximate surface area is 165 Å². The molecule has 1 saturated heterocycles. The van der Waals surface area contributed by atoms with Gasteiger partial charge in [-0.1, -0.05) is 0 Å². The van der Waals surface area contributed by atoms with Gasteiger partial charge in [0.05, 0.1) is 19.8 Å². The average Bonchev–Trinajstić information content (AvgIpc) is 2.55. The van der Waals surface area contributed by atoms with Crippen LogP contribution in [0.25, 0.3) is 0 Å². The predicted molar refractivity (Wildman–Crippen MR) is 112 cm³/mol. The Morgan fingerprint density at radius 2 is 2.12 bits per heavy atom. The zero-order valence-corrected chi connectivity index (χ0v) is 18.2. The van der Waals surface area contributed by atoms with E-state index in [1.54, 1.807) is 0 Å². The molecule has 24 heavy (non-hydrogen) atoms. The van der Waals surface area contributed by atoms with Crippen molar-refractivity contribution in [3.05, 3.63) is 0 Å². The molecular weight excluding hydrogens is 419 g/mol. The van der Waals surface area contributed by atoms with E-state index in [0.717, 1.165) is 71.4 Å². The Hall–Kier alpha value is -0.120. The number of ether oxygens (including phenoxy) is 2. The highest BCUT2D eigenvalue weighted by molar-refractivity contribution is 14.0. The van der Waals surface area contributed by atoms with Gasteiger partial charge in [-0.2, -0.15) is 0 Å². The van der Waals surface area contributed by atoms with Crippen molar-refractivity contribution in [1.29, 1.82) is 0 Å². The van der Waals surface area contributed by atoms with Gasteiger partial charge in [-0.3, -0.25) is 9.89 Å². The van der Waals surface area contributed by atoms with Gasteiger partial charge in [-0.15, -0.1) is 24.0 Å². The molecule has 7 heteroatoms. The first-order valence-electron chi connectivity index (χ1n) is 9.12. The van der Waals surface area contributed by atoms with Crippen molar-refractivity contribution in [3.8, 4) is 0 Å². The van der Waals surface area contributed by atoms with E-state index in [2.05, 4.69) is 36.3 Å². The maximum absolute atomic E-state index is 5.51. The van der Waals surface area contributed by atoms with Crippen LogP contribution in [-0.4, -0.2) is 75.5 Å². The summed E-state index contributed by atoms with van der Waals surface area (Å²) in [4.78, 5) is 7.22. The Morgan fingerprint density at radius 1 is 1.33 bits per heavy atom. The fraction of sp³-hybridized carbons (Fsp3) is 0.941. The SMILES string of the molecule is CCNC(=NCC(C)N1CCOCC1C)NCCCCOCC.I. The molecule has 0 amide bonds. The standard InChI is InChI=1S/C17H36N4O2.HI/c1-5-18-17(19-9-7-8-11-22-6-2)20-13-15(3)21-10-12-23-14-16(21)4;/h15-16H,5-14H2,1-4H3,(H2,18,19,20);1H. The topological polar surface area (TPSA) is 58.1 Å². The number of guanidine groups is 1. The van der Waals surface area contributed by atoms with Crippen LogP contribution in [-0.2, 0) is 9.47 Å². The van der Waals surface area contributed by atoms with E-state index < -0.39 is 0 Å². The number of halogens is 1. The fourth-order valence-electron chi connectivity index (χ4n) is 2.75. The van der Waals surface area contributed by atoms with Crippen LogP contribution in [0.5, 0.6) is 0 Å². The summed E-state index contributed by atoms with van der Waals surface area (Å²) in [6.45, 7) is 15.5. The van der Waals surface area contributed by atoms with E-state index >= 15 is 0 Å².